The molecule has 0 aliphatic heterocycles. The molecule has 2 rings (SSSR count). The van der Waals surface area contributed by atoms with Gasteiger partial charge in [0, 0.05) is 17.8 Å². The Kier molecular flexibility index (Phi) is 4.48. The van der Waals surface area contributed by atoms with Gasteiger partial charge in [-0.15, -0.1) is 0 Å². The summed E-state index contributed by atoms with van der Waals surface area (Å²) in [6.07, 6.45) is 1.81. The molecule has 0 fully saturated rings. The van der Waals surface area contributed by atoms with Crippen molar-refractivity contribution in [2.45, 2.75) is 46.6 Å². The third-order valence-electron chi connectivity index (χ3n) is 3.72. The summed E-state index contributed by atoms with van der Waals surface area (Å²) in [5, 5.41) is 4.37. The van der Waals surface area contributed by atoms with Gasteiger partial charge in [-0.25, -0.2) is 4.39 Å². The van der Waals surface area contributed by atoms with Gasteiger partial charge in [-0.3, -0.25) is 0 Å². The predicted octanol–water partition coefficient (Wildman–Crippen LogP) is 4.53. The number of furan rings is 1. The maximum absolute atomic E-state index is 13.6. The molecule has 1 aromatic heterocycles. The number of nitrogens with one attached hydrogen (secondary N) is 1. The first-order valence-electron chi connectivity index (χ1n) is 7.32. The summed E-state index contributed by atoms with van der Waals surface area (Å²) >= 11 is 0. The molecule has 110 valence electrons. The number of fused-ring (bicyclic) bond motifs is 1. The Morgan fingerprint density at radius 2 is 2.05 bits per heavy atom. The number of para-hydroxylation sites is 1. The second-order valence-electron chi connectivity index (χ2n) is 6.39. The molecule has 0 amide bonds. The molecule has 0 aliphatic carbocycles. The van der Waals surface area contributed by atoms with E-state index in [1.165, 1.54) is 6.07 Å². The molecular formula is C17H24FNO. The van der Waals surface area contributed by atoms with E-state index in [9.17, 15) is 4.39 Å². The lowest BCUT2D eigenvalue weighted by Crippen LogP contribution is -2.40. The smallest absolute Gasteiger partial charge is 0.169 e. The van der Waals surface area contributed by atoms with Gasteiger partial charge in [-0.1, -0.05) is 39.8 Å². The van der Waals surface area contributed by atoms with Crippen molar-refractivity contribution in [3.8, 4) is 0 Å². The van der Waals surface area contributed by atoms with E-state index in [1.807, 2.05) is 12.1 Å². The van der Waals surface area contributed by atoms with Gasteiger partial charge >= 0.3 is 0 Å². The van der Waals surface area contributed by atoms with Crippen LogP contribution in [0.2, 0.25) is 0 Å². The summed E-state index contributed by atoms with van der Waals surface area (Å²) < 4.78 is 19.2. The molecule has 0 saturated heterocycles. The third kappa shape index (κ3) is 3.40. The van der Waals surface area contributed by atoms with Gasteiger partial charge in [0.05, 0.1) is 0 Å². The fourth-order valence-electron chi connectivity index (χ4n) is 2.58. The Morgan fingerprint density at radius 3 is 2.65 bits per heavy atom. The monoisotopic (exact) mass is 277 g/mol. The normalized spacial score (nSPS) is 13.8. The molecule has 0 aliphatic rings. The maximum atomic E-state index is 13.6. The average molecular weight is 277 g/mol. The molecule has 1 N–H and O–H groups in total. The summed E-state index contributed by atoms with van der Waals surface area (Å²) in [6, 6.07) is 7.41. The number of hydrogen-bond acceptors (Lipinski definition) is 2. The topological polar surface area (TPSA) is 25.2 Å². The van der Waals surface area contributed by atoms with Gasteiger partial charge in [0.15, 0.2) is 11.4 Å². The van der Waals surface area contributed by atoms with Crippen molar-refractivity contribution in [2.75, 3.05) is 6.54 Å². The van der Waals surface area contributed by atoms with Crippen molar-refractivity contribution in [1.82, 2.24) is 5.32 Å². The zero-order chi connectivity index (χ0) is 14.8. The molecule has 0 bridgehead atoms. The van der Waals surface area contributed by atoms with Crippen LogP contribution in [0.15, 0.2) is 28.7 Å². The summed E-state index contributed by atoms with van der Waals surface area (Å²) in [5.74, 6) is 0.574. The molecule has 1 aromatic carbocycles. The van der Waals surface area contributed by atoms with E-state index in [1.54, 1.807) is 6.07 Å². The van der Waals surface area contributed by atoms with Crippen molar-refractivity contribution < 1.29 is 8.81 Å². The standard InChI is InChI=1S/C17H24FNO/c1-5-19-15(17(2,3)4)10-9-13-11-12-7-6-8-14(18)16(12)20-13/h6-8,11,15,19H,5,9-10H2,1-4H3. The largest absolute Gasteiger partial charge is 0.458 e. The van der Waals surface area contributed by atoms with Crippen molar-refractivity contribution in [1.29, 1.82) is 0 Å². The molecule has 20 heavy (non-hydrogen) atoms. The van der Waals surface area contributed by atoms with Gasteiger partial charge in [0.1, 0.15) is 5.76 Å². The average Bonchev–Trinajstić information content (AvgIpc) is 2.77. The fourth-order valence-corrected chi connectivity index (χ4v) is 2.58. The lowest BCUT2D eigenvalue weighted by Gasteiger charge is -2.31. The van der Waals surface area contributed by atoms with Crippen molar-refractivity contribution in [2.24, 2.45) is 5.41 Å². The van der Waals surface area contributed by atoms with Crippen LogP contribution in [0.5, 0.6) is 0 Å². The highest BCUT2D eigenvalue weighted by molar-refractivity contribution is 5.78. The van der Waals surface area contributed by atoms with Crippen LogP contribution in [0, 0.1) is 11.2 Å². The predicted molar refractivity (Wildman–Crippen MR) is 81.4 cm³/mol. The second kappa shape index (κ2) is 5.96. The number of rotatable bonds is 5. The first kappa shape index (κ1) is 15.0. The number of halogens is 1. The first-order valence-corrected chi connectivity index (χ1v) is 7.32. The molecule has 2 nitrogen and oxygen atoms in total. The van der Waals surface area contributed by atoms with Crippen LogP contribution in [-0.4, -0.2) is 12.6 Å². The van der Waals surface area contributed by atoms with Gasteiger partial charge in [-0.05, 0) is 30.5 Å². The van der Waals surface area contributed by atoms with E-state index in [4.69, 9.17) is 4.42 Å². The number of hydrogen-bond donors (Lipinski definition) is 1. The van der Waals surface area contributed by atoms with Crippen LogP contribution in [0.1, 0.15) is 39.9 Å². The Hall–Kier alpha value is -1.35. The minimum Gasteiger partial charge on any atom is -0.458 e. The minimum atomic E-state index is -0.284. The van der Waals surface area contributed by atoms with Gasteiger partial charge in [0.25, 0.3) is 0 Å². The molecule has 1 atom stereocenters. The number of benzene rings is 1. The van der Waals surface area contributed by atoms with E-state index in [0.29, 0.717) is 11.6 Å². The molecule has 1 unspecified atom stereocenters. The zero-order valence-electron chi connectivity index (χ0n) is 12.8. The van der Waals surface area contributed by atoms with E-state index >= 15 is 0 Å². The molecule has 0 saturated carbocycles. The van der Waals surface area contributed by atoms with Crippen LogP contribution < -0.4 is 5.32 Å². The van der Waals surface area contributed by atoms with Gasteiger partial charge < -0.3 is 9.73 Å². The van der Waals surface area contributed by atoms with Gasteiger partial charge in [-0.2, -0.15) is 0 Å². The van der Waals surface area contributed by atoms with Crippen molar-refractivity contribution >= 4 is 11.0 Å². The molecule has 0 radical (unpaired) electrons. The van der Waals surface area contributed by atoms with Crippen LogP contribution in [0.4, 0.5) is 4.39 Å². The molecule has 3 heteroatoms. The molecular weight excluding hydrogens is 253 g/mol. The highest BCUT2D eigenvalue weighted by Crippen LogP contribution is 2.26. The van der Waals surface area contributed by atoms with E-state index in [0.717, 1.165) is 30.5 Å². The van der Waals surface area contributed by atoms with Crippen molar-refractivity contribution in [3.05, 3.63) is 35.8 Å². The maximum Gasteiger partial charge on any atom is 0.169 e. The number of aryl methyl sites for hydroxylation is 1. The minimum absolute atomic E-state index is 0.202. The van der Waals surface area contributed by atoms with Crippen LogP contribution in [-0.2, 0) is 6.42 Å². The first-order chi connectivity index (χ1) is 9.41. The lowest BCUT2D eigenvalue weighted by molar-refractivity contribution is 0.255. The van der Waals surface area contributed by atoms with E-state index in [-0.39, 0.29) is 11.2 Å². The Bertz CT molecular complexity index is 568. The quantitative estimate of drug-likeness (QED) is 0.868. The Morgan fingerprint density at radius 1 is 1.30 bits per heavy atom. The SMILES string of the molecule is CCNC(CCc1cc2cccc(F)c2o1)C(C)(C)C. The molecule has 2 aromatic rings. The van der Waals surface area contributed by atoms with Crippen molar-refractivity contribution in [3.63, 3.8) is 0 Å². The van der Waals surface area contributed by atoms with E-state index in [2.05, 4.69) is 33.0 Å². The van der Waals surface area contributed by atoms with Crippen LogP contribution >= 0.6 is 0 Å². The van der Waals surface area contributed by atoms with E-state index < -0.39 is 0 Å². The summed E-state index contributed by atoms with van der Waals surface area (Å²) in [4.78, 5) is 0. The highest BCUT2D eigenvalue weighted by Gasteiger charge is 2.23. The molecule has 1 heterocycles. The Labute approximate surface area is 120 Å². The van der Waals surface area contributed by atoms with Gasteiger partial charge in [0.2, 0.25) is 0 Å². The fraction of sp³-hybridized carbons (Fsp3) is 0.529. The Balaban J connectivity index is 2.10. The second-order valence-corrected chi connectivity index (χ2v) is 6.39. The summed E-state index contributed by atoms with van der Waals surface area (Å²) in [5.41, 5.74) is 0.575. The lowest BCUT2D eigenvalue weighted by atomic mass is 9.84. The zero-order valence-corrected chi connectivity index (χ0v) is 12.8. The van der Waals surface area contributed by atoms with Crippen LogP contribution in [0.3, 0.4) is 0 Å². The highest BCUT2D eigenvalue weighted by atomic mass is 19.1. The van der Waals surface area contributed by atoms with Crippen LogP contribution in [0.25, 0.3) is 11.0 Å². The third-order valence-corrected chi connectivity index (χ3v) is 3.72. The summed E-state index contributed by atoms with van der Waals surface area (Å²) in [6.45, 7) is 9.78. The molecule has 0 spiro atoms. The summed E-state index contributed by atoms with van der Waals surface area (Å²) in [7, 11) is 0.